The van der Waals surface area contributed by atoms with Crippen molar-refractivity contribution in [3.05, 3.63) is 72.1 Å². The van der Waals surface area contributed by atoms with Crippen molar-refractivity contribution in [3.8, 4) is 0 Å². The van der Waals surface area contributed by atoms with E-state index in [4.69, 9.17) is 0 Å². The molecule has 0 atom stereocenters. The second-order valence-electron chi connectivity index (χ2n) is 5.50. The maximum Gasteiger partial charge on any atom is 0.232 e. The van der Waals surface area contributed by atoms with Gasteiger partial charge in [-0.2, -0.15) is 15.0 Å². The van der Waals surface area contributed by atoms with E-state index in [0.717, 1.165) is 18.8 Å². The van der Waals surface area contributed by atoms with Crippen LogP contribution in [0.1, 0.15) is 18.3 Å². The number of hydrogen-bond acceptors (Lipinski definition) is 5. The standard InChI is InChI=1S/C19H21N5/c1-3-24(14-16-10-6-4-7-11-16)19-21-15(2)20-18(23-19)22-17-12-8-5-9-13-17/h4-13H,3,14H2,1-2H3,(H,20,21,22,23). The summed E-state index contributed by atoms with van der Waals surface area (Å²) in [5, 5.41) is 3.24. The van der Waals surface area contributed by atoms with Crippen LogP contribution >= 0.6 is 0 Å². The first-order valence-electron chi connectivity index (χ1n) is 8.08. The fourth-order valence-electron chi connectivity index (χ4n) is 2.44. The zero-order valence-electron chi connectivity index (χ0n) is 14.0. The van der Waals surface area contributed by atoms with Gasteiger partial charge in [-0.1, -0.05) is 48.5 Å². The van der Waals surface area contributed by atoms with E-state index >= 15 is 0 Å². The van der Waals surface area contributed by atoms with Gasteiger partial charge in [0.1, 0.15) is 5.82 Å². The van der Waals surface area contributed by atoms with Crippen LogP contribution in [-0.4, -0.2) is 21.5 Å². The largest absolute Gasteiger partial charge is 0.337 e. The maximum absolute atomic E-state index is 4.59. The van der Waals surface area contributed by atoms with Gasteiger partial charge in [-0.3, -0.25) is 0 Å². The summed E-state index contributed by atoms with van der Waals surface area (Å²) >= 11 is 0. The molecule has 0 aliphatic carbocycles. The third-order valence-corrected chi connectivity index (χ3v) is 3.65. The molecule has 0 radical (unpaired) electrons. The Morgan fingerprint density at radius 1 is 0.875 bits per heavy atom. The Balaban J connectivity index is 1.83. The smallest absolute Gasteiger partial charge is 0.232 e. The average Bonchev–Trinajstić information content (AvgIpc) is 2.61. The van der Waals surface area contributed by atoms with Crippen LogP contribution in [0.3, 0.4) is 0 Å². The Bertz CT molecular complexity index is 774. The van der Waals surface area contributed by atoms with Crippen LogP contribution in [-0.2, 0) is 6.54 Å². The minimum Gasteiger partial charge on any atom is -0.337 e. The topological polar surface area (TPSA) is 53.9 Å². The number of hydrogen-bond donors (Lipinski definition) is 1. The normalized spacial score (nSPS) is 10.4. The molecule has 0 saturated carbocycles. The van der Waals surface area contributed by atoms with Gasteiger partial charge in [0, 0.05) is 18.8 Å². The number of nitrogens with zero attached hydrogens (tertiary/aromatic N) is 4. The SMILES string of the molecule is CCN(Cc1ccccc1)c1nc(C)nc(Nc2ccccc2)n1. The van der Waals surface area contributed by atoms with E-state index in [2.05, 4.69) is 44.2 Å². The van der Waals surface area contributed by atoms with E-state index in [1.165, 1.54) is 5.56 Å². The summed E-state index contributed by atoms with van der Waals surface area (Å²) in [6.07, 6.45) is 0. The van der Waals surface area contributed by atoms with Crippen molar-refractivity contribution in [1.29, 1.82) is 0 Å². The number of nitrogens with one attached hydrogen (secondary N) is 1. The number of rotatable bonds is 6. The molecule has 122 valence electrons. The molecule has 24 heavy (non-hydrogen) atoms. The second kappa shape index (κ2) is 7.55. The first-order valence-corrected chi connectivity index (χ1v) is 8.08. The lowest BCUT2D eigenvalue weighted by atomic mass is 10.2. The van der Waals surface area contributed by atoms with Crippen molar-refractivity contribution in [2.75, 3.05) is 16.8 Å². The van der Waals surface area contributed by atoms with Crippen LogP contribution in [0.25, 0.3) is 0 Å². The highest BCUT2D eigenvalue weighted by Crippen LogP contribution is 2.17. The Morgan fingerprint density at radius 2 is 1.54 bits per heavy atom. The Morgan fingerprint density at radius 3 is 2.21 bits per heavy atom. The summed E-state index contributed by atoms with van der Waals surface area (Å²) < 4.78 is 0. The van der Waals surface area contributed by atoms with E-state index < -0.39 is 0 Å². The zero-order valence-corrected chi connectivity index (χ0v) is 14.0. The molecular formula is C19H21N5. The Labute approximate surface area is 142 Å². The van der Waals surface area contributed by atoms with Gasteiger partial charge in [0.25, 0.3) is 0 Å². The molecular weight excluding hydrogens is 298 g/mol. The van der Waals surface area contributed by atoms with Crippen molar-refractivity contribution in [3.63, 3.8) is 0 Å². The quantitative estimate of drug-likeness (QED) is 0.745. The van der Waals surface area contributed by atoms with Crippen molar-refractivity contribution < 1.29 is 0 Å². The van der Waals surface area contributed by atoms with Crippen molar-refractivity contribution in [2.24, 2.45) is 0 Å². The second-order valence-corrected chi connectivity index (χ2v) is 5.50. The highest BCUT2D eigenvalue weighted by atomic mass is 15.3. The van der Waals surface area contributed by atoms with Gasteiger partial charge in [-0.05, 0) is 31.5 Å². The minimum absolute atomic E-state index is 0.565. The predicted molar refractivity (Wildman–Crippen MR) is 97.5 cm³/mol. The molecule has 0 spiro atoms. The summed E-state index contributed by atoms with van der Waals surface area (Å²) in [5.41, 5.74) is 2.19. The van der Waals surface area contributed by atoms with Gasteiger partial charge in [0.15, 0.2) is 0 Å². The van der Waals surface area contributed by atoms with Gasteiger partial charge in [0.05, 0.1) is 0 Å². The van der Waals surface area contributed by atoms with Gasteiger partial charge < -0.3 is 10.2 Å². The lowest BCUT2D eigenvalue weighted by Crippen LogP contribution is -2.25. The molecule has 1 N–H and O–H groups in total. The van der Waals surface area contributed by atoms with Crippen LogP contribution in [0.5, 0.6) is 0 Å². The molecule has 0 unspecified atom stereocenters. The van der Waals surface area contributed by atoms with E-state index in [0.29, 0.717) is 17.7 Å². The molecule has 5 heteroatoms. The maximum atomic E-state index is 4.59. The zero-order chi connectivity index (χ0) is 16.8. The first kappa shape index (κ1) is 15.9. The van der Waals surface area contributed by atoms with Gasteiger partial charge in [-0.25, -0.2) is 0 Å². The fourth-order valence-corrected chi connectivity index (χ4v) is 2.44. The molecule has 0 aliphatic heterocycles. The molecule has 3 aromatic rings. The number of benzene rings is 2. The number of aryl methyl sites for hydroxylation is 1. The predicted octanol–water partition coefficient (Wildman–Crippen LogP) is 3.95. The van der Waals surface area contributed by atoms with Crippen molar-refractivity contribution in [2.45, 2.75) is 20.4 Å². The van der Waals surface area contributed by atoms with E-state index in [-0.39, 0.29) is 0 Å². The summed E-state index contributed by atoms with van der Waals surface area (Å²) in [4.78, 5) is 15.6. The molecule has 2 aromatic carbocycles. The molecule has 0 aliphatic rings. The highest BCUT2D eigenvalue weighted by molar-refractivity contribution is 5.53. The molecule has 5 nitrogen and oxygen atoms in total. The van der Waals surface area contributed by atoms with Crippen LogP contribution < -0.4 is 10.2 Å². The van der Waals surface area contributed by atoms with Crippen molar-refractivity contribution in [1.82, 2.24) is 15.0 Å². The first-order chi connectivity index (χ1) is 11.7. The lowest BCUT2D eigenvalue weighted by Gasteiger charge is -2.21. The summed E-state index contributed by atoms with van der Waals surface area (Å²) in [6.45, 7) is 5.58. The van der Waals surface area contributed by atoms with Crippen molar-refractivity contribution >= 4 is 17.6 Å². The van der Waals surface area contributed by atoms with Crippen LogP contribution in [0, 0.1) is 6.92 Å². The molecule has 0 saturated heterocycles. The van der Waals surface area contributed by atoms with E-state index in [1.54, 1.807) is 0 Å². The third kappa shape index (κ3) is 4.07. The Kier molecular flexibility index (Phi) is 5.01. The number of aromatic nitrogens is 3. The summed E-state index contributed by atoms with van der Waals surface area (Å²) in [6, 6.07) is 20.2. The molecule has 3 rings (SSSR count). The van der Waals surface area contributed by atoms with E-state index in [1.807, 2.05) is 55.5 Å². The third-order valence-electron chi connectivity index (χ3n) is 3.65. The molecule has 1 heterocycles. The molecule has 1 aromatic heterocycles. The van der Waals surface area contributed by atoms with Gasteiger partial charge >= 0.3 is 0 Å². The average molecular weight is 319 g/mol. The minimum atomic E-state index is 0.565. The number of anilines is 3. The number of para-hydroxylation sites is 1. The van der Waals surface area contributed by atoms with Crippen LogP contribution in [0.4, 0.5) is 17.6 Å². The fraction of sp³-hybridized carbons (Fsp3) is 0.211. The molecule has 0 fully saturated rings. The highest BCUT2D eigenvalue weighted by Gasteiger charge is 2.11. The van der Waals surface area contributed by atoms with Gasteiger partial charge in [-0.15, -0.1) is 0 Å². The monoisotopic (exact) mass is 319 g/mol. The lowest BCUT2D eigenvalue weighted by molar-refractivity contribution is 0.778. The molecule has 0 amide bonds. The van der Waals surface area contributed by atoms with Crippen LogP contribution in [0.2, 0.25) is 0 Å². The molecule has 0 bridgehead atoms. The van der Waals surface area contributed by atoms with E-state index in [9.17, 15) is 0 Å². The van der Waals surface area contributed by atoms with Crippen LogP contribution in [0.15, 0.2) is 60.7 Å². The summed E-state index contributed by atoms with van der Waals surface area (Å²) in [7, 11) is 0. The van der Waals surface area contributed by atoms with Gasteiger partial charge in [0.2, 0.25) is 11.9 Å². The Hall–Kier alpha value is -2.95. The summed E-state index contributed by atoms with van der Waals surface area (Å²) in [5.74, 6) is 1.95.